The number of hydrogen-bond acceptors (Lipinski definition) is 5. The van der Waals surface area contributed by atoms with E-state index in [0.29, 0.717) is 6.04 Å². The van der Waals surface area contributed by atoms with E-state index in [-0.39, 0.29) is 5.82 Å². The summed E-state index contributed by atoms with van der Waals surface area (Å²) in [5, 5.41) is 6.61. The molecule has 1 unspecified atom stereocenters. The minimum atomic E-state index is -0.250. The molecule has 1 saturated heterocycles. The van der Waals surface area contributed by atoms with Crippen LogP contribution >= 0.6 is 0 Å². The van der Waals surface area contributed by atoms with Crippen LogP contribution in [0.1, 0.15) is 12.6 Å². The quantitative estimate of drug-likeness (QED) is 0.912. The monoisotopic (exact) mass is 301 g/mol. The fraction of sp³-hybridized carbons (Fsp3) is 0.375. The fourth-order valence-electron chi connectivity index (χ4n) is 2.55. The minimum Gasteiger partial charge on any atom is -0.340 e. The number of aryl methyl sites for hydroxylation is 1. The molecule has 1 fully saturated rings. The number of rotatable bonds is 3. The SMILES string of the molecule is Cc1cc(Nc2ccc(F)cc2)nc(N2CCNC(C)C2)n1. The number of nitrogens with zero attached hydrogens (tertiary/aromatic N) is 3. The Morgan fingerprint density at radius 1 is 1.27 bits per heavy atom. The van der Waals surface area contributed by atoms with Crippen molar-refractivity contribution in [1.29, 1.82) is 0 Å². The molecule has 0 aliphatic carbocycles. The molecule has 0 radical (unpaired) electrons. The highest BCUT2D eigenvalue weighted by Crippen LogP contribution is 2.19. The molecule has 2 aromatic rings. The Morgan fingerprint density at radius 2 is 2.05 bits per heavy atom. The number of aromatic nitrogens is 2. The third-order valence-electron chi connectivity index (χ3n) is 3.61. The Kier molecular flexibility index (Phi) is 4.20. The molecule has 2 N–H and O–H groups in total. The molecule has 1 aromatic carbocycles. The molecular weight excluding hydrogens is 281 g/mol. The zero-order chi connectivity index (χ0) is 15.5. The molecule has 6 heteroatoms. The zero-order valence-electron chi connectivity index (χ0n) is 12.8. The van der Waals surface area contributed by atoms with E-state index in [9.17, 15) is 4.39 Å². The van der Waals surface area contributed by atoms with E-state index in [1.165, 1.54) is 12.1 Å². The first-order chi connectivity index (χ1) is 10.6. The van der Waals surface area contributed by atoms with Gasteiger partial charge in [-0.25, -0.2) is 9.37 Å². The Labute approximate surface area is 129 Å². The van der Waals surface area contributed by atoms with E-state index in [1.807, 2.05) is 13.0 Å². The van der Waals surface area contributed by atoms with Crippen LogP contribution in [0.15, 0.2) is 30.3 Å². The van der Waals surface area contributed by atoms with Crippen LogP contribution in [0.4, 0.5) is 21.8 Å². The average molecular weight is 301 g/mol. The third-order valence-corrected chi connectivity index (χ3v) is 3.61. The van der Waals surface area contributed by atoms with E-state index in [1.54, 1.807) is 12.1 Å². The van der Waals surface area contributed by atoms with Gasteiger partial charge in [-0.15, -0.1) is 0 Å². The maximum Gasteiger partial charge on any atom is 0.227 e. The maximum atomic E-state index is 13.0. The second kappa shape index (κ2) is 6.27. The molecule has 0 saturated carbocycles. The number of anilines is 3. The van der Waals surface area contributed by atoms with Gasteiger partial charge in [-0.2, -0.15) is 4.98 Å². The summed E-state index contributed by atoms with van der Waals surface area (Å²) in [6.07, 6.45) is 0. The summed E-state index contributed by atoms with van der Waals surface area (Å²) in [6.45, 7) is 6.81. The van der Waals surface area contributed by atoms with E-state index in [4.69, 9.17) is 0 Å². The van der Waals surface area contributed by atoms with E-state index in [2.05, 4.69) is 32.4 Å². The lowest BCUT2D eigenvalue weighted by molar-refractivity contribution is 0.479. The van der Waals surface area contributed by atoms with Crippen LogP contribution in [-0.2, 0) is 0 Å². The molecule has 0 bridgehead atoms. The van der Waals surface area contributed by atoms with E-state index >= 15 is 0 Å². The van der Waals surface area contributed by atoms with Crippen LogP contribution in [0.25, 0.3) is 0 Å². The molecule has 1 aliphatic heterocycles. The van der Waals surface area contributed by atoms with Crippen LogP contribution in [0.5, 0.6) is 0 Å². The summed E-state index contributed by atoms with van der Waals surface area (Å²) >= 11 is 0. The van der Waals surface area contributed by atoms with Gasteiger partial charge >= 0.3 is 0 Å². The Hall–Kier alpha value is -2.21. The van der Waals surface area contributed by atoms with Crippen LogP contribution in [-0.4, -0.2) is 35.6 Å². The summed E-state index contributed by atoms with van der Waals surface area (Å²) < 4.78 is 13.0. The predicted octanol–water partition coefficient (Wildman–Crippen LogP) is 2.47. The van der Waals surface area contributed by atoms with Crippen molar-refractivity contribution in [1.82, 2.24) is 15.3 Å². The van der Waals surface area contributed by atoms with Crippen LogP contribution in [0.2, 0.25) is 0 Å². The van der Waals surface area contributed by atoms with Crippen LogP contribution in [0.3, 0.4) is 0 Å². The van der Waals surface area contributed by atoms with Crippen molar-refractivity contribution in [2.45, 2.75) is 19.9 Å². The van der Waals surface area contributed by atoms with Gasteiger partial charge in [0.2, 0.25) is 5.95 Å². The van der Waals surface area contributed by atoms with Gasteiger partial charge in [-0.1, -0.05) is 0 Å². The first kappa shape index (κ1) is 14.7. The lowest BCUT2D eigenvalue weighted by atomic mass is 10.2. The highest BCUT2D eigenvalue weighted by Gasteiger charge is 2.18. The second-order valence-electron chi connectivity index (χ2n) is 5.63. The maximum absolute atomic E-state index is 13.0. The van der Waals surface area contributed by atoms with Crippen molar-refractivity contribution in [2.24, 2.45) is 0 Å². The molecule has 116 valence electrons. The number of benzene rings is 1. The van der Waals surface area contributed by atoms with Crippen LogP contribution in [0, 0.1) is 12.7 Å². The van der Waals surface area contributed by atoms with Gasteiger partial charge in [-0.05, 0) is 38.1 Å². The lowest BCUT2D eigenvalue weighted by Crippen LogP contribution is -2.49. The minimum absolute atomic E-state index is 0.250. The van der Waals surface area contributed by atoms with Gasteiger partial charge in [0.05, 0.1) is 0 Å². The van der Waals surface area contributed by atoms with Crippen molar-refractivity contribution >= 4 is 17.5 Å². The fourth-order valence-corrected chi connectivity index (χ4v) is 2.55. The summed E-state index contributed by atoms with van der Waals surface area (Å²) in [5.74, 6) is 1.21. The number of nitrogens with one attached hydrogen (secondary N) is 2. The molecule has 0 spiro atoms. The standard InChI is InChI=1S/C16H20FN5/c1-11-9-15(20-14-5-3-13(17)4-6-14)21-16(19-11)22-8-7-18-12(2)10-22/h3-6,9,12,18H,7-8,10H2,1-2H3,(H,19,20,21). The topological polar surface area (TPSA) is 53.1 Å². The first-order valence-electron chi connectivity index (χ1n) is 7.47. The van der Waals surface area contributed by atoms with Crippen LogP contribution < -0.4 is 15.5 Å². The molecule has 0 amide bonds. The summed E-state index contributed by atoms with van der Waals surface area (Å²) in [5.41, 5.74) is 1.71. The van der Waals surface area contributed by atoms with Crippen molar-refractivity contribution in [3.8, 4) is 0 Å². The van der Waals surface area contributed by atoms with Crippen molar-refractivity contribution in [3.63, 3.8) is 0 Å². The van der Waals surface area contributed by atoms with Crippen molar-refractivity contribution < 1.29 is 4.39 Å². The van der Waals surface area contributed by atoms with Gasteiger partial charge in [0, 0.05) is 43.1 Å². The molecule has 5 nitrogen and oxygen atoms in total. The Balaban J connectivity index is 1.81. The number of halogens is 1. The van der Waals surface area contributed by atoms with Crippen molar-refractivity contribution in [2.75, 3.05) is 29.9 Å². The smallest absolute Gasteiger partial charge is 0.227 e. The van der Waals surface area contributed by atoms with Gasteiger partial charge in [-0.3, -0.25) is 0 Å². The Morgan fingerprint density at radius 3 is 2.77 bits per heavy atom. The average Bonchev–Trinajstić information content (AvgIpc) is 2.49. The zero-order valence-corrected chi connectivity index (χ0v) is 12.8. The third kappa shape index (κ3) is 3.51. The lowest BCUT2D eigenvalue weighted by Gasteiger charge is -2.32. The molecule has 2 heterocycles. The Bertz CT molecular complexity index is 643. The first-order valence-corrected chi connectivity index (χ1v) is 7.47. The molecule has 1 aromatic heterocycles. The molecular formula is C16H20FN5. The summed E-state index contributed by atoms with van der Waals surface area (Å²) in [7, 11) is 0. The number of piperazine rings is 1. The number of hydrogen-bond donors (Lipinski definition) is 2. The molecule has 1 aliphatic rings. The van der Waals surface area contributed by atoms with E-state index < -0.39 is 0 Å². The normalized spacial score (nSPS) is 18.3. The predicted molar refractivity (Wildman–Crippen MR) is 86.1 cm³/mol. The highest BCUT2D eigenvalue weighted by molar-refractivity contribution is 5.57. The van der Waals surface area contributed by atoms with Crippen molar-refractivity contribution in [3.05, 3.63) is 41.8 Å². The molecule has 3 rings (SSSR count). The van der Waals surface area contributed by atoms with E-state index in [0.717, 1.165) is 42.8 Å². The van der Waals surface area contributed by atoms with Gasteiger partial charge in [0.15, 0.2) is 0 Å². The van der Waals surface area contributed by atoms with Gasteiger partial charge in [0.25, 0.3) is 0 Å². The largest absolute Gasteiger partial charge is 0.340 e. The second-order valence-corrected chi connectivity index (χ2v) is 5.63. The molecule has 1 atom stereocenters. The molecule has 22 heavy (non-hydrogen) atoms. The highest BCUT2D eigenvalue weighted by atomic mass is 19.1. The van der Waals surface area contributed by atoms with Gasteiger partial charge in [0.1, 0.15) is 11.6 Å². The summed E-state index contributed by atoms with van der Waals surface area (Å²) in [6, 6.07) is 8.55. The summed E-state index contributed by atoms with van der Waals surface area (Å²) in [4.78, 5) is 11.3. The van der Waals surface area contributed by atoms with Gasteiger partial charge < -0.3 is 15.5 Å².